The summed E-state index contributed by atoms with van der Waals surface area (Å²) in [4.78, 5) is 2.29. The standard InChI is InChI=1S/C13H18FNO/c1-9-5-6-15(8-9)10(2)12-7-11(14)3-4-13(12)16/h3-4,7,9-10,16H,5-6,8H2,1-2H3. The molecule has 2 atom stereocenters. The van der Waals surface area contributed by atoms with Crippen LogP contribution in [0.4, 0.5) is 4.39 Å². The average Bonchev–Trinajstić information content (AvgIpc) is 2.67. The van der Waals surface area contributed by atoms with Crippen molar-refractivity contribution in [2.45, 2.75) is 26.3 Å². The van der Waals surface area contributed by atoms with Crippen LogP contribution in [0.3, 0.4) is 0 Å². The zero-order valence-corrected chi connectivity index (χ0v) is 9.78. The summed E-state index contributed by atoms with van der Waals surface area (Å²) in [7, 11) is 0. The third kappa shape index (κ3) is 2.19. The van der Waals surface area contributed by atoms with E-state index in [1.165, 1.54) is 24.6 Å². The van der Waals surface area contributed by atoms with E-state index in [1.807, 2.05) is 6.92 Å². The maximum atomic E-state index is 13.1. The largest absolute Gasteiger partial charge is 0.508 e. The van der Waals surface area contributed by atoms with Crippen LogP contribution in [0.5, 0.6) is 5.75 Å². The summed E-state index contributed by atoms with van der Waals surface area (Å²) in [5.74, 6) is 0.596. The topological polar surface area (TPSA) is 23.5 Å². The Labute approximate surface area is 95.7 Å². The number of nitrogens with zero attached hydrogens (tertiary/aromatic N) is 1. The van der Waals surface area contributed by atoms with Crippen LogP contribution in [0, 0.1) is 11.7 Å². The summed E-state index contributed by atoms with van der Waals surface area (Å²) < 4.78 is 13.1. The van der Waals surface area contributed by atoms with Crippen LogP contribution in [0.2, 0.25) is 0 Å². The van der Waals surface area contributed by atoms with Gasteiger partial charge in [0.1, 0.15) is 11.6 Å². The van der Waals surface area contributed by atoms with Crippen LogP contribution in [-0.4, -0.2) is 23.1 Å². The smallest absolute Gasteiger partial charge is 0.123 e. The van der Waals surface area contributed by atoms with E-state index in [9.17, 15) is 9.50 Å². The average molecular weight is 223 g/mol. The van der Waals surface area contributed by atoms with Gasteiger partial charge in [0.25, 0.3) is 0 Å². The minimum absolute atomic E-state index is 0.0839. The molecule has 16 heavy (non-hydrogen) atoms. The van der Waals surface area contributed by atoms with E-state index in [2.05, 4.69) is 11.8 Å². The fourth-order valence-corrected chi connectivity index (χ4v) is 2.38. The Bertz CT molecular complexity index is 380. The van der Waals surface area contributed by atoms with E-state index in [-0.39, 0.29) is 17.6 Å². The van der Waals surface area contributed by atoms with E-state index < -0.39 is 0 Å². The van der Waals surface area contributed by atoms with Gasteiger partial charge in [-0.1, -0.05) is 6.92 Å². The quantitative estimate of drug-likeness (QED) is 0.833. The molecule has 0 radical (unpaired) electrons. The molecule has 0 aliphatic carbocycles. The van der Waals surface area contributed by atoms with Gasteiger partial charge in [0.2, 0.25) is 0 Å². The molecule has 3 heteroatoms. The van der Waals surface area contributed by atoms with Crippen molar-refractivity contribution in [3.63, 3.8) is 0 Å². The highest BCUT2D eigenvalue weighted by atomic mass is 19.1. The summed E-state index contributed by atoms with van der Waals surface area (Å²) in [5.41, 5.74) is 0.689. The fraction of sp³-hybridized carbons (Fsp3) is 0.538. The molecule has 1 aliphatic heterocycles. The van der Waals surface area contributed by atoms with Crippen LogP contribution in [0.1, 0.15) is 31.9 Å². The Morgan fingerprint density at radius 1 is 1.50 bits per heavy atom. The van der Waals surface area contributed by atoms with Gasteiger partial charge < -0.3 is 5.11 Å². The molecule has 0 spiro atoms. The number of hydrogen-bond acceptors (Lipinski definition) is 2. The Morgan fingerprint density at radius 3 is 2.88 bits per heavy atom. The lowest BCUT2D eigenvalue weighted by Gasteiger charge is -2.25. The van der Waals surface area contributed by atoms with E-state index in [0.717, 1.165) is 13.1 Å². The summed E-state index contributed by atoms with van der Waals surface area (Å²) in [6.07, 6.45) is 1.18. The third-order valence-corrected chi connectivity index (χ3v) is 3.44. The van der Waals surface area contributed by atoms with Crippen molar-refractivity contribution in [3.05, 3.63) is 29.6 Å². The van der Waals surface area contributed by atoms with Gasteiger partial charge in [-0.25, -0.2) is 4.39 Å². The third-order valence-electron chi connectivity index (χ3n) is 3.44. The second-order valence-electron chi connectivity index (χ2n) is 4.77. The molecule has 1 N–H and O–H groups in total. The molecule has 1 saturated heterocycles. The summed E-state index contributed by atoms with van der Waals surface area (Å²) in [5, 5.41) is 9.74. The van der Waals surface area contributed by atoms with Crippen molar-refractivity contribution < 1.29 is 9.50 Å². The molecule has 1 aliphatic rings. The van der Waals surface area contributed by atoms with Crippen molar-refractivity contribution in [1.82, 2.24) is 4.90 Å². The van der Waals surface area contributed by atoms with Gasteiger partial charge in [0, 0.05) is 18.2 Å². The first-order valence-corrected chi connectivity index (χ1v) is 5.80. The Morgan fingerprint density at radius 2 is 2.25 bits per heavy atom. The lowest BCUT2D eigenvalue weighted by atomic mass is 10.1. The highest BCUT2D eigenvalue weighted by molar-refractivity contribution is 5.35. The molecular weight excluding hydrogens is 205 g/mol. The Hall–Kier alpha value is -1.09. The first kappa shape index (κ1) is 11.4. The number of benzene rings is 1. The molecule has 1 aromatic rings. The predicted molar refractivity (Wildman–Crippen MR) is 61.8 cm³/mol. The van der Waals surface area contributed by atoms with Gasteiger partial charge in [-0.05, 0) is 44.0 Å². The van der Waals surface area contributed by atoms with Crippen LogP contribution >= 0.6 is 0 Å². The summed E-state index contributed by atoms with van der Waals surface area (Å²) >= 11 is 0. The minimum Gasteiger partial charge on any atom is -0.508 e. The molecule has 1 fully saturated rings. The van der Waals surface area contributed by atoms with Gasteiger partial charge in [0.05, 0.1) is 0 Å². The molecule has 88 valence electrons. The molecule has 0 saturated carbocycles. The normalized spacial score (nSPS) is 23.6. The molecule has 2 unspecified atom stereocenters. The second kappa shape index (κ2) is 4.42. The van der Waals surface area contributed by atoms with Gasteiger partial charge >= 0.3 is 0 Å². The molecule has 0 amide bonds. The first-order valence-electron chi connectivity index (χ1n) is 5.80. The summed E-state index contributed by atoms with van der Waals surface area (Å²) in [6.45, 7) is 6.29. The number of hydrogen-bond donors (Lipinski definition) is 1. The second-order valence-corrected chi connectivity index (χ2v) is 4.77. The highest BCUT2D eigenvalue weighted by Crippen LogP contribution is 2.32. The van der Waals surface area contributed by atoms with Crippen LogP contribution in [0.25, 0.3) is 0 Å². The highest BCUT2D eigenvalue weighted by Gasteiger charge is 2.25. The van der Waals surface area contributed by atoms with Crippen LogP contribution in [0.15, 0.2) is 18.2 Å². The van der Waals surface area contributed by atoms with Crippen molar-refractivity contribution in [2.75, 3.05) is 13.1 Å². The van der Waals surface area contributed by atoms with Gasteiger partial charge in [-0.15, -0.1) is 0 Å². The SMILES string of the molecule is CC1CCN(C(C)c2cc(F)ccc2O)C1. The van der Waals surface area contributed by atoms with E-state index in [0.29, 0.717) is 11.5 Å². The van der Waals surface area contributed by atoms with Crippen molar-refractivity contribution in [1.29, 1.82) is 0 Å². The number of aromatic hydroxyl groups is 1. The van der Waals surface area contributed by atoms with Gasteiger partial charge in [-0.2, -0.15) is 0 Å². The van der Waals surface area contributed by atoms with E-state index >= 15 is 0 Å². The number of halogens is 1. The number of rotatable bonds is 2. The lowest BCUT2D eigenvalue weighted by molar-refractivity contribution is 0.249. The Kier molecular flexibility index (Phi) is 3.15. The lowest BCUT2D eigenvalue weighted by Crippen LogP contribution is -2.24. The van der Waals surface area contributed by atoms with Crippen LogP contribution in [-0.2, 0) is 0 Å². The van der Waals surface area contributed by atoms with Crippen molar-refractivity contribution >= 4 is 0 Å². The number of phenols is 1. The molecule has 0 aromatic heterocycles. The first-order chi connectivity index (χ1) is 7.58. The maximum Gasteiger partial charge on any atom is 0.123 e. The fourth-order valence-electron chi connectivity index (χ4n) is 2.38. The molecule has 2 nitrogen and oxygen atoms in total. The van der Waals surface area contributed by atoms with Gasteiger partial charge in [0.15, 0.2) is 0 Å². The summed E-state index contributed by atoms with van der Waals surface area (Å²) in [6, 6.07) is 4.24. The zero-order valence-electron chi connectivity index (χ0n) is 9.78. The van der Waals surface area contributed by atoms with Crippen molar-refractivity contribution in [3.8, 4) is 5.75 Å². The van der Waals surface area contributed by atoms with Gasteiger partial charge in [-0.3, -0.25) is 4.90 Å². The molecule has 2 rings (SSSR count). The minimum atomic E-state index is -0.285. The van der Waals surface area contributed by atoms with E-state index in [1.54, 1.807) is 0 Å². The zero-order chi connectivity index (χ0) is 11.7. The predicted octanol–water partition coefficient (Wildman–Crippen LogP) is 2.93. The molecule has 1 heterocycles. The maximum absolute atomic E-state index is 13.1. The monoisotopic (exact) mass is 223 g/mol. The number of likely N-dealkylation sites (tertiary alicyclic amines) is 1. The molecular formula is C13H18FNO. The number of phenolic OH excluding ortho intramolecular Hbond substituents is 1. The van der Waals surface area contributed by atoms with Crippen LogP contribution < -0.4 is 0 Å². The molecule has 1 aromatic carbocycles. The van der Waals surface area contributed by atoms with E-state index in [4.69, 9.17) is 0 Å². The Balaban J connectivity index is 2.20. The molecule has 0 bridgehead atoms. The van der Waals surface area contributed by atoms with Crippen molar-refractivity contribution in [2.24, 2.45) is 5.92 Å².